The van der Waals surface area contributed by atoms with Crippen molar-refractivity contribution in [2.75, 3.05) is 17.2 Å². The van der Waals surface area contributed by atoms with E-state index in [0.717, 1.165) is 18.5 Å². The third-order valence-corrected chi connectivity index (χ3v) is 3.79. The smallest absolute Gasteiger partial charge is 0.125 e. The summed E-state index contributed by atoms with van der Waals surface area (Å²) in [7, 11) is 0. The lowest BCUT2D eigenvalue weighted by molar-refractivity contribution is 0.529. The Labute approximate surface area is 119 Å². The van der Waals surface area contributed by atoms with Crippen LogP contribution in [0.25, 0.3) is 0 Å². The summed E-state index contributed by atoms with van der Waals surface area (Å²) in [6, 6.07) is 13.2. The molecule has 0 bridgehead atoms. The molecule has 2 aromatic rings. The number of benzene rings is 2. The van der Waals surface area contributed by atoms with Crippen molar-refractivity contribution in [1.29, 1.82) is 0 Å². The first kappa shape index (κ1) is 13.0. The highest BCUT2D eigenvalue weighted by atomic mass is 19.1. The van der Waals surface area contributed by atoms with Crippen LogP contribution in [0.1, 0.15) is 18.1 Å². The van der Waals surface area contributed by atoms with Crippen molar-refractivity contribution >= 4 is 11.4 Å². The van der Waals surface area contributed by atoms with Crippen LogP contribution < -0.4 is 10.6 Å². The second-order valence-corrected chi connectivity index (χ2v) is 5.71. The molecule has 3 heteroatoms. The molecule has 0 radical (unpaired) electrons. The van der Waals surface area contributed by atoms with E-state index in [0.29, 0.717) is 18.2 Å². The summed E-state index contributed by atoms with van der Waals surface area (Å²) in [5.41, 5.74) is 9.76. The largest absolute Gasteiger partial charge is 0.399 e. The van der Waals surface area contributed by atoms with Gasteiger partial charge in [0.25, 0.3) is 0 Å². The molecule has 1 aliphatic rings. The zero-order valence-electron chi connectivity index (χ0n) is 11.6. The molecule has 0 spiro atoms. The summed E-state index contributed by atoms with van der Waals surface area (Å²) in [5, 5.41) is 0. The fourth-order valence-corrected chi connectivity index (χ4v) is 3.04. The van der Waals surface area contributed by atoms with E-state index in [1.54, 1.807) is 6.07 Å². The maximum Gasteiger partial charge on any atom is 0.125 e. The first-order valence-electron chi connectivity index (χ1n) is 6.99. The van der Waals surface area contributed by atoms with Gasteiger partial charge in [-0.1, -0.05) is 25.1 Å². The Balaban J connectivity index is 1.91. The Morgan fingerprint density at radius 2 is 2.05 bits per heavy atom. The van der Waals surface area contributed by atoms with Crippen molar-refractivity contribution in [3.8, 4) is 0 Å². The molecule has 0 aromatic heterocycles. The molecule has 1 heterocycles. The lowest BCUT2D eigenvalue weighted by Crippen LogP contribution is -2.33. The van der Waals surface area contributed by atoms with Gasteiger partial charge in [0.1, 0.15) is 5.82 Å². The monoisotopic (exact) mass is 270 g/mol. The number of fused-ring (bicyclic) bond motifs is 1. The number of anilines is 2. The maximum atomic E-state index is 13.5. The second kappa shape index (κ2) is 5.16. The van der Waals surface area contributed by atoms with Crippen LogP contribution in [0.2, 0.25) is 0 Å². The minimum absolute atomic E-state index is 0.265. The molecule has 2 aromatic carbocycles. The lowest BCUT2D eigenvalue weighted by Gasteiger charge is -2.35. The summed E-state index contributed by atoms with van der Waals surface area (Å²) in [4.78, 5) is 2.32. The van der Waals surface area contributed by atoms with Crippen LogP contribution in [0.15, 0.2) is 42.5 Å². The summed E-state index contributed by atoms with van der Waals surface area (Å²) in [6.45, 7) is 3.94. The fourth-order valence-electron chi connectivity index (χ4n) is 3.04. The Kier molecular flexibility index (Phi) is 3.35. The molecule has 0 aliphatic carbocycles. The lowest BCUT2D eigenvalue weighted by atomic mass is 9.93. The molecular formula is C17H19FN2. The molecule has 0 saturated heterocycles. The van der Waals surface area contributed by atoms with Gasteiger partial charge in [-0.25, -0.2) is 4.39 Å². The molecular weight excluding hydrogens is 251 g/mol. The standard InChI is InChI=1S/C17H19FN2/c1-12-6-14-4-2-3-5-17(14)20(10-12)11-13-7-15(18)9-16(19)8-13/h2-5,7-9,12H,6,10-11,19H2,1H3. The van der Waals surface area contributed by atoms with Crippen molar-refractivity contribution in [2.45, 2.75) is 19.9 Å². The van der Waals surface area contributed by atoms with Crippen LogP contribution >= 0.6 is 0 Å². The number of hydrogen-bond donors (Lipinski definition) is 1. The van der Waals surface area contributed by atoms with Gasteiger partial charge in [0.2, 0.25) is 0 Å². The molecule has 20 heavy (non-hydrogen) atoms. The predicted octanol–water partition coefficient (Wildman–Crippen LogP) is 3.61. The minimum atomic E-state index is -0.265. The fraction of sp³-hybridized carbons (Fsp3) is 0.294. The molecule has 1 atom stereocenters. The number of halogens is 1. The Morgan fingerprint density at radius 1 is 1.25 bits per heavy atom. The zero-order valence-corrected chi connectivity index (χ0v) is 11.6. The number of para-hydroxylation sites is 1. The van der Waals surface area contributed by atoms with Gasteiger partial charge in [-0.3, -0.25) is 0 Å². The van der Waals surface area contributed by atoms with Gasteiger partial charge >= 0.3 is 0 Å². The number of nitrogen functional groups attached to an aromatic ring is 1. The third kappa shape index (κ3) is 2.62. The van der Waals surface area contributed by atoms with Crippen LogP contribution in [-0.4, -0.2) is 6.54 Å². The number of nitrogens with zero attached hydrogens (tertiary/aromatic N) is 1. The quantitative estimate of drug-likeness (QED) is 0.845. The van der Waals surface area contributed by atoms with Crippen LogP contribution in [0.3, 0.4) is 0 Å². The Bertz CT molecular complexity index is 604. The van der Waals surface area contributed by atoms with E-state index in [-0.39, 0.29) is 5.82 Å². The van der Waals surface area contributed by atoms with Crippen LogP contribution in [-0.2, 0) is 13.0 Å². The normalized spacial score (nSPS) is 17.9. The highest BCUT2D eigenvalue weighted by molar-refractivity contribution is 5.56. The first-order valence-corrected chi connectivity index (χ1v) is 6.99. The molecule has 0 saturated carbocycles. The van der Waals surface area contributed by atoms with Crippen LogP contribution in [0, 0.1) is 11.7 Å². The van der Waals surface area contributed by atoms with Gasteiger partial charge in [-0.2, -0.15) is 0 Å². The second-order valence-electron chi connectivity index (χ2n) is 5.71. The minimum Gasteiger partial charge on any atom is -0.399 e. The first-order chi connectivity index (χ1) is 9.61. The molecule has 3 rings (SSSR count). The van der Waals surface area contributed by atoms with Gasteiger partial charge < -0.3 is 10.6 Å². The highest BCUT2D eigenvalue weighted by Gasteiger charge is 2.21. The van der Waals surface area contributed by atoms with E-state index in [1.807, 2.05) is 6.07 Å². The van der Waals surface area contributed by atoms with E-state index in [2.05, 4.69) is 36.1 Å². The van der Waals surface area contributed by atoms with E-state index in [4.69, 9.17) is 5.73 Å². The van der Waals surface area contributed by atoms with Crippen molar-refractivity contribution in [2.24, 2.45) is 5.92 Å². The SMILES string of the molecule is CC1Cc2ccccc2N(Cc2cc(N)cc(F)c2)C1. The van der Waals surface area contributed by atoms with E-state index < -0.39 is 0 Å². The van der Waals surface area contributed by atoms with Gasteiger partial charge in [-0.05, 0) is 47.7 Å². The molecule has 1 unspecified atom stereocenters. The van der Waals surface area contributed by atoms with E-state index in [9.17, 15) is 4.39 Å². The van der Waals surface area contributed by atoms with Gasteiger partial charge in [0, 0.05) is 24.5 Å². The average molecular weight is 270 g/mol. The molecule has 2 nitrogen and oxygen atoms in total. The molecule has 0 amide bonds. The topological polar surface area (TPSA) is 29.3 Å². The van der Waals surface area contributed by atoms with Gasteiger partial charge in [0.05, 0.1) is 0 Å². The maximum absolute atomic E-state index is 13.5. The molecule has 1 aliphatic heterocycles. The van der Waals surface area contributed by atoms with Crippen LogP contribution in [0.4, 0.5) is 15.8 Å². The Morgan fingerprint density at radius 3 is 2.85 bits per heavy atom. The predicted molar refractivity (Wildman–Crippen MR) is 81.2 cm³/mol. The van der Waals surface area contributed by atoms with Crippen molar-refractivity contribution in [1.82, 2.24) is 0 Å². The van der Waals surface area contributed by atoms with Crippen LogP contribution in [0.5, 0.6) is 0 Å². The van der Waals surface area contributed by atoms with Crippen molar-refractivity contribution in [3.63, 3.8) is 0 Å². The van der Waals surface area contributed by atoms with Crippen molar-refractivity contribution < 1.29 is 4.39 Å². The van der Waals surface area contributed by atoms with Crippen molar-refractivity contribution in [3.05, 3.63) is 59.4 Å². The summed E-state index contributed by atoms with van der Waals surface area (Å²) < 4.78 is 13.5. The van der Waals surface area contributed by atoms with Gasteiger partial charge in [-0.15, -0.1) is 0 Å². The Hall–Kier alpha value is -2.03. The third-order valence-electron chi connectivity index (χ3n) is 3.79. The van der Waals surface area contributed by atoms with E-state index in [1.165, 1.54) is 17.3 Å². The summed E-state index contributed by atoms with van der Waals surface area (Å²) in [5.74, 6) is 0.342. The number of rotatable bonds is 2. The number of hydrogen-bond acceptors (Lipinski definition) is 2. The molecule has 2 N–H and O–H groups in total. The zero-order chi connectivity index (χ0) is 14.1. The average Bonchev–Trinajstić information content (AvgIpc) is 2.37. The highest BCUT2D eigenvalue weighted by Crippen LogP contribution is 2.30. The summed E-state index contributed by atoms with van der Waals surface area (Å²) in [6.07, 6.45) is 1.11. The number of nitrogens with two attached hydrogens (primary N) is 1. The molecule has 104 valence electrons. The summed E-state index contributed by atoms with van der Waals surface area (Å²) >= 11 is 0. The van der Waals surface area contributed by atoms with E-state index >= 15 is 0 Å². The van der Waals surface area contributed by atoms with Gasteiger partial charge in [0.15, 0.2) is 0 Å². The molecule has 0 fully saturated rings.